The Morgan fingerprint density at radius 3 is 2.56 bits per heavy atom. The van der Waals surface area contributed by atoms with Gasteiger partial charge in [-0.05, 0) is 55.8 Å². The fourth-order valence-corrected chi connectivity index (χ4v) is 3.66. The highest BCUT2D eigenvalue weighted by Gasteiger charge is 2.27. The zero-order valence-electron chi connectivity index (χ0n) is 15.2. The van der Waals surface area contributed by atoms with Crippen LogP contribution in [0, 0.1) is 5.82 Å². The van der Waals surface area contributed by atoms with Crippen LogP contribution in [0.15, 0.2) is 48.5 Å². The third-order valence-electron chi connectivity index (χ3n) is 5.21. The molecule has 142 valence electrons. The van der Waals surface area contributed by atoms with E-state index in [1.807, 2.05) is 36.4 Å². The van der Waals surface area contributed by atoms with Crippen LogP contribution in [0.1, 0.15) is 12.8 Å². The van der Waals surface area contributed by atoms with E-state index < -0.39 is 6.10 Å². The number of para-hydroxylation sites is 2. The van der Waals surface area contributed by atoms with E-state index in [9.17, 15) is 9.18 Å². The molecule has 1 saturated heterocycles. The number of halogens is 1. The van der Waals surface area contributed by atoms with Crippen LogP contribution in [0.2, 0.25) is 0 Å². The number of rotatable bonds is 5. The van der Waals surface area contributed by atoms with Crippen LogP contribution in [0.3, 0.4) is 0 Å². The van der Waals surface area contributed by atoms with Crippen molar-refractivity contribution in [3.05, 3.63) is 54.3 Å². The Labute approximate surface area is 158 Å². The number of nitrogens with zero attached hydrogens (tertiary/aromatic N) is 2. The number of amides is 1. The molecule has 6 heteroatoms. The average molecular weight is 369 g/mol. The minimum absolute atomic E-state index is 0.0603. The topological polar surface area (TPSA) is 44.8 Å². The molecule has 1 unspecified atom stereocenters. The van der Waals surface area contributed by atoms with Crippen LogP contribution >= 0.6 is 0 Å². The summed E-state index contributed by atoms with van der Waals surface area (Å²) in [5.74, 6) is 0.485. The summed E-state index contributed by atoms with van der Waals surface area (Å²) in [6, 6.07) is 14.2. The first-order chi connectivity index (χ1) is 13.2. The summed E-state index contributed by atoms with van der Waals surface area (Å²) in [4.78, 5) is 16.9. The molecule has 27 heavy (non-hydrogen) atoms. The van der Waals surface area contributed by atoms with Crippen LogP contribution in [0.4, 0.5) is 15.8 Å². The van der Waals surface area contributed by atoms with Crippen molar-refractivity contribution in [3.8, 4) is 5.75 Å². The van der Waals surface area contributed by atoms with Gasteiger partial charge >= 0.3 is 0 Å². The number of carbonyl (C=O) groups excluding carboxylic acids is 1. The van der Waals surface area contributed by atoms with Gasteiger partial charge in [0.05, 0.1) is 5.69 Å². The SMILES string of the molecule is O=C1Nc2ccccc2OC1CCCN1CCN(c2ccc(F)cc2)CC1. The van der Waals surface area contributed by atoms with Crippen molar-refractivity contribution in [3.63, 3.8) is 0 Å². The molecule has 1 N–H and O–H groups in total. The lowest BCUT2D eigenvalue weighted by Crippen LogP contribution is -2.47. The van der Waals surface area contributed by atoms with E-state index in [4.69, 9.17) is 4.74 Å². The van der Waals surface area contributed by atoms with E-state index >= 15 is 0 Å². The van der Waals surface area contributed by atoms with Gasteiger partial charge in [-0.2, -0.15) is 0 Å². The Morgan fingerprint density at radius 2 is 1.78 bits per heavy atom. The maximum absolute atomic E-state index is 13.1. The molecule has 2 aliphatic rings. The third kappa shape index (κ3) is 4.22. The van der Waals surface area contributed by atoms with Crippen LogP contribution in [0.5, 0.6) is 5.75 Å². The number of nitrogens with one attached hydrogen (secondary N) is 1. The maximum Gasteiger partial charge on any atom is 0.265 e. The second kappa shape index (κ2) is 7.96. The second-order valence-electron chi connectivity index (χ2n) is 7.04. The third-order valence-corrected chi connectivity index (χ3v) is 5.21. The second-order valence-corrected chi connectivity index (χ2v) is 7.04. The lowest BCUT2D eigenvalue weighted by Gasteiger charge is -2.36. The Bertz CT molecular complexity index is 788. The average Bonchev–Trinajstić information content (AvgIpc) is 2.69. The van der Waals surface area contributed by atoms with Crippen molar-refractivity contribution >= 4 is 17.3 Å². The quantitative estimate of drug-likeness (QED) is 0.880. The summed E-state index contributed by atoms with van der Waals surface area (Å²) in [6.45, 7) is 4.75. The van der Waals surface area contributed by atoms with Crippen LogP contribution < -0.4 is 15.0 Å². The monoisotopic (exact) mass is 369 g/mol. The highest BCUT2D eigenvalue weighted by atomic mass is 19.1. The molecule has 2 aromatic rings. The number of benzene rings is 2. The number of carbonyl (C=O) groups is 1. The zero-order chi connectivity index (χ0) is 18.6. The Balaban J connectivity index is 1.22. The van der Waals surface area contributed by atoms with Crippen LogP contribution in [0.25, 0.3) is 0 Å². The van der Waals surface area contributed by atoms with Crippen molar-refractivity contribution in [2.75, 3.05) is 42.9 Å². The van der Waals surface area contributed by atoms with Gasteiger partial charge in [-0.15, -0.1) is 0 Å². The standard InChI is InChI=1S/C21H24FN3O2/c22-16-7-9-17(10-8-16)25-14-12-24(13-15-25)11-3-6-20-21(26)23-18-4-1-2-5-19(18)27-20/h1-2,4-5,7-10,20H,3,6,11-15H2,(H,23,26). The minimum Gasteiger partial charge on any atom is -0.478 e. The number of ether oxygens (including phenoxy) is 1. The molecule has 5 nitrogen and oxygen atoms in total. The molecule has 2 aromatic carbocycles. The van der Waals surface area contributed by atoms with Crippen molar-refractivity contribution in [1.82, 2.24) is 4.90 Å². The van der Waals surface area contributed by atoms with E-state index in [1.54, 1.807) is 0 Å². The number of hydrogen-bond donors (Lipinski definition) is 1. The van der Waals surface area contributed by atoms with Gasteiger partial charge in [-0.25, -0.2) is 4.39 Å². The molecule has 0 bridgehead atoms. The van der Waals surface area contributed by atoms with Gasteiger partial charge in [-0.3, -0.25) is 9.69 Å². The highest BCUT2D eigenvalue weighted by molar-refractivity contribution is 5.97. The molecule has 2 aliphatic heterocycles. The maximum atomic E-state index is 13.1. The molecule has 1 atom stereocenters. The lowest BCUT2D eigenvalue weighted by atomic mass is 10.1. The molecule has 0 aromatic heterocycles. The molecular weight excluding hydrogens is 345 g/mol. The molecule has 1 amide bonds. The van der Waals surface area contributed by atoms with Gasteiger partial charge in [0, 0.05) is 31.9 Å². The van der Waals surface area contributed by atoms with Gasteiger partial charge in [0.25, 0.3) is 5.91 Å². The van der Waals surface area contributed by atoms with E-state index in [1.165, 1.54) is 12.1 Å². The number of piperazine rings is 1. The Kier molecular flexibility index (Phi) is 5.25. The molecule has 0 saturated carbocycles. The molecule has 1 fully saturated rings. The number of fused-ring (bicyclic) bond motifs is 1. The van der Waals surface area contributed by atoms with Crippen molar-refractivity contribution < 1.29 is 13.9 Å². The summed E-state index contributed by atoms with van der Waals surface area (Å²) in [7, 11) is 0. The zero-order valence-corrected chi connectivity index (χ0v) is 15.2. The van der Waals surface area contributed by atoms with Crippen LogP contribution in [-0.4, -0.2) is 49.6 Å². The van der Waals surface area contributed by atoms with Crippen molar-refractivity contribution in [2.45, 2.75) is 18.9 Å². The molecule has 0 radical (unpaired) electrons. The van der Waals surface area contributed by atoms with E-state index in [0.29, 0.717) is 6.42 Å². The predicted molar refractivity (Wildman–Crippen MR) is 104 cm³/mol. The van der Waals surface area contributed by atoms with E-state index in [2.05, 4.69) is 15.1 Å². The van der Waals surface area contributed by atoms with E-state index in [0.717, 1.165) is 56.3 Å². The van der Waals surface area contributed by atoms with Crippen molar-refractivity contribution in [1.29, 1.82) is 0 Å². The van der Waals surface area contributed by atoms with Crippen LogP contribution in [-0.2, 0) is 4.79 Å². The van der Waals surface area contributed by atoms with Crippen molar-refractivity contribution in [2.24, 2.45) is 0 Å². The normalized spacial score (nSPS) is 20.0. The van der Waals surface area contributed by atoms with Gasteiger partial charge in [-0.1, -0.05) is 12.1 Å². The minimum atomic E-state index is -0.416. The predicted octanol–water partition coefficient (Wildman–Crippen LogP) is 3.13. The lowest BCUT2D eigenvalue weighted by molar-refractivity contribution is -0.123. The summed E-state index contributed by atoms with van der Waals surface area (Å²) in [5, 5.41) is 2.92. The Morgan fingerprint density at radius 1 is 1.04 bits per heavy atom. The van der Waals surface area contributed by atoms with Gasteiger partial charge < -0.3 is 15.0 Å². The molecule has 0 spiro atoms. The first-order valence-electron chi connectivity index (χ1n) is 9.48. The summed E-state index contributed by atoms with van der Waals surface area (Å²) in [6.07, 6.45) is 1.20. The molecule has 0 aliphatic carbocycles. The number of hydrogen-bond acceptors (Lipinski definition) is 4. The molecule has 2 heterocycles. The molecular formula is C21H24FN3O2. The smallest absolute Gasteiger partial charge is 0.265 e. The fourth-order valence-electron chi connectivity index (χ4n) is 3.66. The van der Waals surface area contributed by atoms with Gasteiger partial charge in [0.1, 0.15) is 11.6 Å². The van der Waals surface area contributed by atoms with Gasteiger partial charge in [0.15, 0.2) is 6.10 Å². The number of anilines is 2. The van der Waals surface area contributed by atoms with Gasteiger partial charge in [0.2, 0.25) is 0 Å². The summed E-state index contributed by atoms with van der Waals surface area (Å²) < 4.78 is 18.9. The summed E-state index contributed by atoms with van der Waals surface area (Å²) >= 11 is 0. The fraction of sp³-hybridized carbons (Fsp3) is 0.381. The largest absolute Gasteiger partial charge is 0.478 e. The highest BCUT2D eigenvalue weighted by Crippen LogP contribution is 2.30. The summed E-state index contributed by atoms with van der Waals surface area (Å²) in [5.41, 5.74) is 1.82. The first-order valence-corrected chi connectivity index (χ1v) is 9.48. The molecule has 4 rings (SSSR count). The van der Waals surface area contributed by atoms with E-state index in [-0.39, 0.29) is 11.7 Å². The first kappa shape index (κ1) is 17.8. The Hall–Kier alpha value is -2.60.